The van der Waals surface area contributed by atoms with Crippen molar-refractivity contribution in [1.82, 2.24) is 4.98 Å². The predicted molar refractivity (Wildman–Crippen MR) is 92.3 cm³/mol. The van der Waals surface area contributed by atoms with Gasteiger partial charge in [0.25, 0.3) is 0 Å². The molecule has 0 aliphatic heterocycles. The Hall–Kier alpha value is -1.57. The van der Waals surface area contributed by atoms with Crippen LogP contribution in [0.5, 0.6) is 0 Å². The SMILES string of the molecule is CC.CC.CCc1cc(C(C)C)nc2ccc(N)cc12. The molecule has 0 unspecified atom stereocenters. The molecular weight excluding hydrogens is 244 g/mol. The highest BCUT2D eigenvalue weighted by Crippen LogP contribution is 2.24. The van der Waals surface area contributed by atoms with Crippen LogP contribution in [0, 0.1) is 0 Å². The Kier molecular flexibility index (Phi) is 8.62. The van der Waals surface area contributed by atoms with Gasteiger partial charge >= 0.3 is 0 Å². The van der Waals surface area contributed by atoms with Gasteiger partial charge in [0.15, 0.2) is 0 Å². The Morgan fingerprint density at radius 2 is 1.65 bits per heavy atom. The Labute approximate surface area is 124 Å². The van der Waals surface area contributed by atoms with Crippen LogP contribution in [0.3, 0.4) is 0 Å². The van der Waals surface area contributed by atoms with Crippen LogP contribution in [0.1, 0.15) is 65.6 Å². The van der Waals surface area contributed by atoms with E-state index in [1.54, 1.807) is 0 Å². The fraction of sp³-hybridized carbons (Fsp3) is 0.500. The fourth-order valence-electron chi connectivity index (χ4n) is 1.92. The molecule has 0 fully saturated rings. The monoisotopic (exact) mass is 274 g/mol. The second kappa shape index (κ2) is 9.35. The molecule has 0 spiro atoms. The molecular formula is C18H30N2. The molecule has 0 saturated carbocycles. The molecule has 1 heterocycles. The van der Waals surface area contributed by atoms with Crippen molar-refractivity contribution in [2.75, 3.05) is 5.73 Å². The number of nitrogens with two attached hydrogens (primary N) is 1. The van der Waals surface area contributed by atoms with Crippen LogP contribution >= 0.6 is 0 Å². The number of benzene rings is 1. The minimum atomic E-state index is 0.465. The van der Waals surface area contributed by atoms with Gasteiger partial charge in [0.2, 0.25) is 0 Å². The van der Waals surface area contributed by atoms with Crippen LogP contribution in [0.15, 0.2) is 24.3 Å². The first kappa shape index (κ1) is 18.4. The van der Waals surface area contributed by atoms with Crippen LogP contribution in [0.2, 0.25) is 0 Å². The Morgan fingerprint density at radius 1 is 1.05 bits per heavy atom. The van der Waals surface area contributed by atoms with Crippen LogP contribution in [0.4, 0.5) is 5.69 Å². The third-order valence-corrected chi connectivity index (χ3v) is 2.91. The standard InChI is InChI=1S/C14H18N2.2C2H6/c1-4-10-7-14(9(2)3)16-13-6-5-11(15)8-12(10)13;2*1-2/h5-9H,4,15H2,1-3H3;2*1-2H3. The summed E-state index contributed by atoms with van der Waals surface area (Å²) in [7, 11) is 0. The number of hydrogen-bond donors (Lipinski definition) is 1. The van der Waals surface area contributed by atoms with Gasteiger partial charge in [-0.25, -0.2) is 0 Å². The summed E-state index contributed by atoms with van der Waals surface area (Å²) < 4.78 is 0. The zero-order valence-electron chi connectivity index (χ0n) is 14.1. The van der Waals surface area contributed by atoms with Crippen molar-refractivity contribution < 1.29 is 0 Å². The topological polar surface area (TPSA) is 38.9 Å². The maximum atomic E-state index is 5.82. The second-order valence-corrected chi connectivity index (χ2v) is 4.49. The van der Waals surface area contributed by atoms with Gasteiger partial charge in [-0.1, -0.05) is 48.5 Å². The van der Waals surface area contributed by atoms with E-state index in [0.717, 1.165) is 23.3 Å². The highest BCUT2D eigenvalue weighted by molar-refractivity contribution is 5.85. The third kappa shape index (κ3) is 4.52. The highest BCUT2D eigenvalue weighted by Gasteiger charge is 2.07. The van der Waals surface area contributed by atoms with Gasteiger partial charge in [-0.2, -0.15) is 0 Å². The van der Waals surface area contributed by atoms with E-state index in [1.165, 1.54) is 10.9 Å². The Balaban J connectivity index is 0.000000829. The first-order valence-corrected chi connectivity index (χ1v) is 7.81. The molecule has 2 aromatic rings. The van der Waals surface area contributed by atoms with E-state index in [0.29, 0.717) is 5.92 Å². The molecule has 0 amide bonds. The number of aryl methyl sites for hydroxylation is 1. The van der Waals surface area contributed by atoms with Gasteiger partial charge < -0.3 is 5.73 Å². The van der Waals surface area contributed by atoms with Crippen LogP contribution in [-0.2, 0) is 6.42 Å². The number of aromatic nitrogens is 1. The number of pyridine rings is 1. The van der Waals surface area contributed by atoms with Gasteiger partial charge in [-0.3, -0.25) is 4.98 Å². The summed E-state index contributed by atoms with van der Waals surface area (Å²) in [6, 6.07) is 8.15. The third-order valence-electron chi connectivity index (χ3n) is 2.91. The van der Waals surface area contributed by atoms with Gasteiger partial charge in [-0.15, -0.1) is 0 Å². The zero-order chi connectivity index (χ0) is 15.7. The average Bonchev–Trinajstić information content (AvgIpc) is 2.50. The summed E-state index contributed by atoms with van der Waals surface area (Å²) in [6.07, 6.45) is 1.02. The van der Waals surface area contributed by atoms with E-state index >= 15 is 0 Å². The number of hydrogen-bond acceptors (Lipinski definition) is 2. The van der Waals surface area contributed by atoms with Crippen molar-refractivity contribution in [3.8, 4) is 0 Å². The van der Waals surface area contributed by atoms with Crippen molar-refractivity contribution in [3.05, 3.63) is 35.5 Å². The van der Waals surface area contributed by atoms with Crippen LogP contribution in [-0.4, -0.2) is 4.98 Å². The number of fused-ring (bicyclic) bond motifs is 1. The van der Waals surface area contributed by atoms with E-state index < -0.39 is 0 Å². The molecule has 2 N–H and O–H groups in total. The molecule has 0 radical (unpaired) electrons. The van der Waals surface area contributed by atoms with Gasteiger partial charge in [0, 0.05) is 16.8 Å². The first-order valence-electron chi connectivity index (χ1n) is 7.81. The van der Waals surface area contributed by atoms with Crippen molar-refractivity contribution in [3.63, 3.8) is 0 Å². The zero-order valence-corrected chi connectivity index (χ0v) is 14.1. The number of rotatable bonds is 2. The number of anilines is 1. The lowest BCUT2D eigenvalue weighted by Gasteiger charge is -2.10. The summed E-state index contributed by atoms with van der Waals surface area (Å²) in [5.74, 6) is 0.465. The molecule has 112 valence electrons. The van der Waals surface area contributed by atoms with Gasteiger partial charge in [0.1, 0.15) is 0 Å². The summed E-state index contributed by atoms with van der Waals surface area (Å²) in [4.78, 5) is 4.67. The van der Waals surface area contributed by atoms with Crippen LogP contribution in [0.25, 0.3) is 10.9 Å². The molecule has 0 aliphatic carbocycles. The minimum Gasteiger partial charge on any atom is -0.399 e. The lowest BCUT2D eigenvalue weighted by molar-refractivity contribution is 0.826. The van der Waals surface area contributed by atoms with E-state index in [4.69, 9.17) is 5.73 Å². The number of nitrogen functional groups attached to an aromatic ring is 1. The fourth-order valence-corrected chi connectivity index (χ4v) is 1.92. The molecule has 0 bridgehead atoms. The molecule has 2 heteroatoms. The average molecular weight is 274 g/mol. The van der Waals surface area contributed by atoms with E-state index in [2.05, 4.69) is 31.8 Å². The molecule has 1 aromatic heterocycles. The molecule has 2 rings (SSSR count). The van der Waals surface area contributed by atoms with Gasteiger partial charge in [0.05, 0.1) is 5.52 Å². The smallest absolute Gasteiger partial charge is 0.0709 e. The van der Waals surface area contributed by atoms with Crippen LogP contribution < -0.4 is 5.73 Å². The molecule has 20 heavy (non-hydrogen) atoms. The normalized spacial score (nSPS) is 9.60. The van der Waals surface area contributed by atoms with Crippen molar-refractivity contribution in [2.24, 2.45) is 0 Å². The van der Waals surface area contributed by atoms with Crippen molar-refractivity contribution >= 4 is 16.6 Å². The van der Waals surface area contributed by atoms with E-state index in [9.17, 15) is 0 Å². The maximum Gasteiger partial charge on any atom is 0.0709 e. The molecule has 0 saturated heterocycles. The highest BCUT2D eigenvalue weighted by atomic mass is 14.7. The lowest BCUT2D eigenvalue weighted by Crippen LogP contribution is -1.97. The van der Waals surface area contributed by atoms with E-state index in [-0.39, 0.29) is 0 Å². The summed E-state index contributed by atoms with van der Waals surface area (Å²) in [6.45, 7) is 14.5. The summed E-state index contributed by atoms with van der Waals surface area (Å²) in [5.41, 5.74) is 10.2. The lowest BCUT2D eigenvalue weighted by atomic mass is 10.0. The molecule has 1 aromatic carbocycles. The Bertz CT molecular complexity index is 516. The first-order chi connectivity index (χ1) is 9.61. The predicted octanol–water partition coefficient (Wildman–Crippen LogP) is 5.56. The van der Waals surface area contributed by atoms with Crippen molar-refractivity contribution in [2.45, 2.75) is 60.8 Å². The number of nitrogens with zero attached hydrogens (tertiary/aromatic N) is 1. The largest absolute Gasteiger partial charge is 0.399 e. The summed E-state index contributed by atoms with van der Waals surface area (Å²) >= 11 is 0. The minimum absolute atomic E-state index is 0.465. The quantitative estimate of drug-likeness (QED) is 0.729. The van der Waals surface area contributed by atoms with Crippen molar-refractivity contribution in [1.29, 1.82) is 0 Å². The molecule has 0 atom stereocenters. The summed E-state index contributed by atoms with van der Waals surface area (Å²) in [5, 5.41) is 1.19. The van der Waals surface area contributed by atoms with E-state index in [1.807, 2.05) is 45.9 Å². The second-order valence-electron chi connectivity index (χ2n) is 4.49. The molecule has 0 aliphatic rings. The maximum absolute atomic E-state index is 5.82. The Morgan fingerprint density at radius 3 is 2.15 bits per heavy atom. The van der Waals surface area contributed by atoms with Gasteiger partial charge in [-0.05, 0) is 42.2 Å². The molecule has 2 nitrogen and oxygen atoms in total.